The lowest BCUT2D eigenvalue weighted by Crippen LogP contribution is -2.18. The number of aromatic nitrogens is 3. The summed E-state index contributed by atoms with van der Waals surface area (Å²) in [6, 6.07) is 16.5. The van der Waals surface area contributed by atoms with Crippen LogP contribution in [0.15, 0.2) is 61.2 Å². The number of imidazole rings is 1. The van der Waals surface area contributed by atoms with E-state index in [0.29, 0.717) is 23.9 Å². The molecule has 8 nitrogen and oxygen atoms in total. The third kappa shape index (κ3) is 5.31. The van der Waals surface area contributed by atoms with Crippen LogP contribution in [0, 0.1) is 11.3 Å². The topological polar surface area (TPSA) is 94.1 Å². The van der Waals surface area contributed by atoms with Gasteiger partial charge in [-0.15, -0.1) is 0 Å². The zero-order valence-corrected chi connectivity index (χ0v) is 21.2. The number of benzene rings is 2. The van der Waals surface area contributed by atoms with Crippen molar-refractivity contribution in [2.75, 3.05) is 11.9 Å². The van der Waals surface area contributed by atoms with Gasteiger partial charge in [-0.05, 0) is 75.4 Å². The number of rotatable bonds is 9. The van der Waals surface area contributed by atoms with Crippen molar-refractivity contribution >= 4 is 22.7 Å². The van der Waals surface area contributed by atoms with Crippen molar-refractivity contribution in [1.82, 2.24) is 14.1 Å². The van der Waals surface area contributed by atoms with Crippen molar-refractivity contribution in [3.8, 4) is 23.1 Å². The number of nitrogens with zero attached hydrogens (tertiary/aromatic N) is 4. The van der Waals surface area contributed by atoms with E-state index in [1.165, 1.54) is 6.42 Å². The highest BCUT2D eigenvalue weighted by atomic mass is 16.6. The van der Waals surface area contributed by atoms with Gasteiger partial charge in [0.1, 0.15) is 11.8 Å². The molecule has 1 N–H and O–H groups in total. The van der Waals surface area contributed by atoms with Gasteiger partial charge in [-0.2, -0.15) is 5.26 Å². The summed E-state index contributed by atoms with van der Waals surface area (Å²) >= 11 is 0. The van der Waals surface area contributed by atoms with Gasteiger partial charge >= 0.3 is 6.09 Å². The minimum Gasteiger partial charge on any atom is -0.494 e. The Balaban J connectivity index is 1.42. The van der Waals surface area contributed by atoms with E-state index in [9.17, 15) is 10.1 Å². The number of anilines is 1. The molecule has 8 heteroatoms. The van der Waals surface area contributed by atoms with Gasteiger partial charge in [-0.25, -0.2) is 9.78 Å². The minimum absolute atomic E-state index is 0.193. The maximum atomic E-state index is 12.0. The van der Waals surface area contributed by atoms with Crippen LogP contribution in [-0.2, 0) is 11.3 Å². The number of nitrogens with one attached hydrogen (secondary N) is 1. The molecule has 2 heterocycles. The van der Waals surface area contributed by atoms with E-state index < -0.39 is 6.09 Å². The molecule has 1 fully saturated rings. The number of amides is 1. The van der Waals surface area contributed by atoms with Crippen LogP contribution >= 0.6 is 0 Å². The molecule has 0 atom stereocenters. The number of nitriles is 1. The molecule has 0 unspecified atom stereocenters. The molecule has 0 radical (unpaired) electrons. The van der Waals surface area contributed by atoms with E-state index in [2.05, 4.69) is 27.0 Å². The van der Waals surface area contributed by atoms with Crippen molar-refractivity contribution in [1.29, 1.82) is 5.26 Å². The van der Waals surface area contributed by atoms with Crippen LogP contribution in [0.2, 0.25) is 0 Å². The summed E-state index contributed by atoms with van der Waals surface area (Å²) in [4.78, 5) is 16.0. The van der Waals surface area contributed by atoms with Gasteiger partial charge in [-0.1, -0.05) is 12.1 Å². The summed E-state index contributed by atoms with van der Waals surface area (Å²) < 4.78 is 15.6. The maximum absolute atomic E-state index is 12.0. The van der Waals surface area contributed by atoms with Crippen LogP contribution in [0.5, 0.6) is 5.75 Å². The van der Waals surface area contributed by atoms with Crippen molar-refractivity contribution in [2.45, 2.75) is 58.2 Å². The first kappa shape index (κ1) is 24.4. The highest BCUT2D eigenvalue weighted by molar-refractivity contribution is 5.96. The number of ether oxygens (including phenoxy) is 2. The Morgan fingerprint density at radius 1 is 1.22 bits per heavy atom. The first-order chi connectivity index (χ1) is 18.0. The smallest absolute Gasteiger partial charge is 0.411 e. The van der Waals surface area contributed by atoms with E-state index in [1.807, 2.05) is 61.0 Å². The molecule has 1 aliphatic carbocycles. The second-order valence-electron chi connectivity index (χ2n) is 9.63. The highest BCUT2D eigenvalue weighted by Crippen LogP contribution is 2.43. The van der Waals surface area contributed by atoms with Gasteiger partial charge in [0.25, 0.3) is 0 Å². The van der Waals surface area contributed by atoms with Gasteiger partial charge in [-0.3, -0.25) is 5.32 Å². The summed E-state index contributed by atoms with van der Waals surface area (Å²) in [5, 5.41) is 13.9. The molecule has 0 bridgehead atoms. The molecule has 0 spiro atoms. The number of carbonyl (C=O) groups excluding carboxylic acids is 1. The van der Waals surface area contributed by atoms with Crippen LogP contribution in [0.3, 0.4) is 0 Å². The zero-order valence-electron chi connectivity index (χ0n) is 21.2. The van der Waals surface area contributed by atoms with E-state index in [0.717, 1.165) is 53.7 Å². The van der Waals surface area contributed by atoms with Gasteiger partial charge in [0, 0.05) is 36.1 Å². The van der Waals surface area contributed by atoms with E-state index in [-0.39, 0.29) is 6.10 Å². The summed E-state index contributed by atoms with van der Waals surface area (Å²) in [6.07, 6.45) is 9.06. The second-order valence-corrected chi connectivity index (χ2v) is 9.63. The number of aryl methyl sites for hydroxylation is 1. The molecular formula is C29H31N5O3. The molecule has 2 aromatic carbocycles. The van der Waals surface area contributed by atoms with Gasteiger partial charge in [0.05, 0.1) is 35.8 Å². The van der Waals surface area contributed by atoms with Crippen molar-refractivity contribution in [3.05, 3.63) is 66.7 Å². The quantitative estimate of drug-likeness (QED) is 0.265. The molecule has 1 aliphatic rings. The Bertz CT molecular complexity index is 1410. The summed E-state index contributed by atoms with van der Waals surface area (Å²) in [5.41, 5.74) is 4.18. The van der Waals surface area contributed by atoms with Crippen molar-refractivity contribution in [3.63, 3.8) is 0 Å². The molecule has 1 saturated carbocycles. The Morgan fingerprint density at radius 2 is 2.03 bits per heavy atom. The molecule has 190 valence electrons. The van der Waals surface area contributed by atoms with E-state index >= 15 is 0 Å². The molecule has 5 rings (SSSR count). The zero-order chi connectivity index (χ0) is 25.8. The summed E-state index contributed by atoms with van der Waals surface area (Å²) in [5.74, 6) is 0.759. The highest BCUT2D eigenvalue weighted by Gasteiger charge is 2.28. The molecule has 2 aromatic heterocycles. The average Bonchev–Trinajstić information content (AvgIpc) is 3.47. The first-order valence-corrected chi connectivity index (χ1v) is 12.8. The average molecular weight is 498 g/mol. The first-order valence-electron chi connectivity index (χ1n) is 12.8. The number of carbonyl (C=O) groups is 1. The Hall–Kier alpha value is -4.25. The SMILES string of the molecule is CC(C)OC(=O)Nc1ccc(-c2c(C#N)c3cc(OCCCn4ccnc4)ccc3n2C2CCC2)cc1. The summed E-state index contributed by atoms with van der Waals surface area (Å²) in [6.45, 7) is 5.04. The van der Waals surface area contributed by atoms with Crippen LogP contribution in [0.1, 0.15) is 51.1 Å². The monoisotopic (exact) mass is 497 g/mol. The largest absolute Gasteiger partial charge is 0.494 e. The molecule has 4 aromatic rings. The second kappa shape index (κ2) is 10.8. The third-order valence-electron chi connectivity index (χ3n) is 6.66. The Morgan fingerprint density at radius 3 is 2.68 bits per heavy atom. The third-order valence-corrected chi connectivity index (χ3v) is 6.66. The van der Waals surface area contributed by atoms with Gasteiger partial charge in [0.2, 0.25) is 0 Å². The van der Waals surface area contributed by atoms with Crippen LogP contribution < -0.4 is 10.1 Å². The van der Waals surface area contributed by atoms with Crippen LogP contribution in [-0.4, -0.2) is 32.9 Å². The van der Waals surface area contributed by atoms with E-state index in [1.54, 1.807) is 12.5 Å². The van der Waals surface area contributed by atoms with Gasteiger partial charge < -0.3 is 18.6 Å². The minimum atomic E-state index is -0.485. The van der Waals surface area contributed by atoms with Crippen LogP contribution in [0.4, 0.5) is 10.5 Å². The molecule has 37 heavy (non-hydrogen) atoms. The molecule has 0 saturated heterocycles. The van der Waals surface area contributed by atoms with Crippen molar-refractivity contribution < 1.29 is 14.3 Å². The lowest BCUT2D eigenvalue weighted by atomic mass is 9.92. The molecule has 1 amide bonds. The predicted octanol–water partition coefficient (Wildman–Crippen LogP) is 6.53. The standard InChI is InChI=1S/C29H31N5O3/c1-20(2)37-29(35)32-22-9-7-21(8-10-22)28-26(18-30)25-17-24(36-16-4-14-33-15-13-31-19-33)11-12-27(25)34(28)23-5-3-6-23/h7-13,15,17,19-20,23H,3-6,14,16H2,1-2H3,(H,32,35). The van der Waals surface area contributed by atoms with Crippen LogP contribution in [0.25, 0.3) is 22.2 Å². The predicted molar refractivity (Wildman–Crippen MR) is 143 cm³/mol. The fraction of sp³-hybridized carbons (Fsp3) is 0.345. The number of hydrogen-bond acceptors (Lipinski definition) is 5. The molecule has 0 aliphatic heterocycles. The van der Waals surface area contributed by atoms with Gasteiger partial charge in [0.15, 0.2) is 0 Å². The number of fused-ring (bicyclic) bond motifs is 1. The Labute approximate surface area is 216 Å². The Kier molecular flexibility index (Phi) is 7.13. The van der Waals surface area contributed by atoms with E-state index in [4.69, 9.17) is 9.47 Å². The normalized spacial score (nSPS) is 13.4. The fourth-order valence-corrected chi connectivity index (χ4v) is 4.73. The summed E-state index contributed by atoms with van der Waals surface area (Å²) in [7, 11) is 0. The fourth-order valence-electron chi connectivity index (χ4n) is 4.73. The lowest BCUT2D eigenvalue weighted by molar-refractivity contribution is 0.130. The molecular weight excluding hydrogens is 466 g/mol. The maximum Gasteiger partial charge on any atom is 0.411 e. The lowest BCUT2D eigenvalue weighted by Gasteiger charge is -2.30. The number of hydrogen-bond donors (Lipinski definition) is 1. The van der Waals surface area contributed by atoms with Crippen molar-refractivity contribution in [2.24, 2.45) is 0 Å².